The molecule has 0 aliphatic heterocycles. The zero-order valence-corrected chi connectivity index (χ0v) is 13.2. The Labute approximate surface area is 129 Å². The molecular formula is C14H20ClN3O3. The second-order valence-corrected chi connectivity index (χ2v) is 5.27. The molecule has 116 valence electrons. The predicted octanol–water partition coefficient (Wildman–Crippen LogP) is 2.71. The monoisotopic (exact) mass is 313 g/mol. The van der Waals surface area contributed by atoms with E-state index in [1.807, 2.05) is 7.05 Å². The number of nitro groups is 1. The maximum Gasteiger partial charge on any atom is 0.288 e. The van der Waals surface area contributed by atoms with Gasteiger partial charge >= 0.3 is 0 Å². The Morgan fingerprint density at radius 3 is 2.76 bits per heavy atom. The van der Waals surface area contributed by atoms with Gasteiger partial charge in [0.05, 0.1) is 10.5 Å². The van der Waals surface area contributed by atoms with Crippen molar-refractivity contribution in [1.29, 1.82) is 0 Å². The van der Waals surface area contributed by atoms with Crippen LogP contribution in [-0.4, -0.2) is 41.9 Å². The Morgan fingerprint density at radius 2 is 2.19 bits per heavy atom. The molecule has 1 N–H and O–H groups in total. The van der Waals surface area contributed by atoms with Gasteiger partial charge in [-0.3, -0.25) is 14.9 Å². The highest BCUT2D eigenvalue weighted by molar-refractivity contribution is 6.35. The minimum atomic E-state index is -0.601. The number of carbonyl (C=O) groups is 1. The van der Waals surface area contributed by atoms with Crippen LogP contribution in [0.2, 0.25) is 5.02 Å². The Bertz CT molecular complexity index is 522. The third-order valence-electron chi connectivity index (χ3n) is 3.51. The van der Waals surface area contributed by atoms with Crippen LogP contribution in [0.4, 0.5) is 5.69 Å². The first-order chi connectivity index (χ1) is 9.88. The highest BCUT2D eigenvalue weighted by Gasteiger charge is 2.19. The number of nitrogens with one attached hydrogen (secondary N) is 1. The van der Waals surface area contributed by atoms with Gasteiger partial charge in [-0.05, 0) is 26.5 Å². The molecule has 1 aromatic rings. The minimum Gasteiger partial charge on any atom is -0.351 e. The summed E-state index contributed by atoms with van der Waals surface area (Å²) in [4.78, 5) is 24.3. The summed E-state index contributed by atoms with van der Waals surface area (Å²) in [6, 6.07) is 4.63. The number of rotatable bonds is 7. The number of nitrogens with zero attached hydrogens (tertiary/aromatic N) is 2. The van der Waals surface area contributed by atoms with Crippen molar-refractivity contribution >= 4 is 23.2 Å². The van der Waals surface area contributed by atoms with E-state index in [1.165, 1.54) is 18.2 Å². The standard InChI is InChI=1S/C14H20ClN3O3/c1-4-10(2)17(3)9-8-16-14(19)11-6-5-7-12(13(11)15)18(20)21/h5-7,10H,4,8-9H2,1-3H3,(H,16,19). The van der Waals surface area contributed by atoms with Gasteiger partial charge in [0.2, 0.25) is 0 Å². The van der Waals surface area contributed by atoms with Crippen LogP contribution in [0.25, 0.3) is 0 Å². The van der Waals surface area contributed by atoms with E-state index in [0.29, 0.717) is 19.1 Å². The van der Waals surface area contributed by atoms with E-state index in [1.54, 1.807) is 0 Å². The molecular weight excluding hydrogens is 294 g/mol. The molecule has 1 rings (SSSR count). The van der Waals surface area contributed by atoms with Crippen molar-refractivity contribution in [2.24, 2.45) is 0 Å². The number of carbonyl (C=O) groups excluding carboxylic acids is 1. The van der Waals surface area contributed by atoms with E-state index in [0.717, 1.165) is 6.42 Å². The molecule has 1 unspecified atom stereocenters. The third kappa shape index (κ3) is 4.68. The van der Waals surface area contributed by atoms with Crippen LogP contribution >= 0.6 is 11.6 Å². The first-order valence-electron chi connectivity index (χ1n) is 6.79. The van der Waals surface area contributed by atoms with Gasteiger partial charge in [0.25, 0.3) is 11.6 Å². The zero-order valence-electron chi connectivity index (χ0n) is 12.4. The number of halogens is 1. The molecule has 0 saturated carbocycles. The van der Waals surface area contributed by atoms with E-state index in [2.05, 4.69) is 24.1 Å². The van der Waals surface area contributed by atoms with Crippen LogP contribution in [0.1, 0.15) is 30.6 Å². The van der Waals surface area contributed by atoms with Crippen molar-refractivity contribution in [2.75, 3.05) is 20.1 Å². The molecule has 6 nitrogen and oxygen atoms in total. The summed E-state index contributed by atoms with van der Waals surface area (Å²) in [7, 11) is 1.99. The van der Waals surface area contributed by atoms with Crippen molar-refractivity contribution in [3.05, 3.63) is 38.9 Å². The van der Waals surface area contributed by atoms with Crippen molar-refractivity contribution in [1.82, 2.24) is 10.2 Å². The maximum absolute atomic E-state index is 12.0. The van der Waals surface area contributed by atoms with Crippen LogP contribution in [-0.2, 0) is 0 Å². The van der Waals surface area contributed by atoms with Gasteiger partial charge in [-0.15, -0.1) is 0 Å². The summed E-state index contributed by atoms with van der Waals surface area (Å²) >= 11 is 5.90. The highest BCUT2D eigenvalue weighted by Crippen LogP contribution is 2.27. The van der Waals surface area contributed by atoms with Gasteiger partial charge < -0.3 is 10.2 Å². The van der Waals surface area contributed by atoms with Crippen molar-refractivity contribution < 1.29 is 9.72 Å². The van der Waals surface area contributed by atoms with E-state index in [9.17, 15) is 14.9 Å². The molecule has 1 amide bonds. The molecule has 0 heterocycles. The van der Waals surface area contributed by atoms with Gasteiger partial charge in [-0.25, -0.2) is 0 Å². The summed E-state index contributed by atoms with van der Waals surface area (Å²) in [5.74, 6) is -0.402. The Hall–Kier alpha value is -1.66. The molecule has 0 radical (unpaired) electrons. The molecule has 21 heavy (non-hydrogen) atoms. The normalized spacial score (nSPS) is 12.2. The lowest BCUT2D eigenvalue weighted by molar-refractivity contribution is -0.384. The summed E-state index contributed by atoms with van der Waals surface area (Å²) in [5, 5.41) is 13.4. The smallest absolute Gasteiger partial charge is 0.288 e. The van der Waals surface area contributed by atoms with E-state index >= 15 is 0 Å². The quantitative estimate of drug-likeness (QED) is 0.620. The Balaban J connectivity index is 2.65. The molecule has 0 spiro atoms. The molecule has 0 fully saturated rings. The molecule has 0 aliphatic rings. The molecule has 1 aromatic carbocycles. The molecule has 0 bridgehead atoms. The van der Waals surface area contributed by atoms with Crippen LogP contribution in [0.15, 0.2) is 18.2 Å². The van der Waals surface area contributed by atoms with Gasteiger partial charge in [0, 0.05) is 25.2 Å². The fraction of sp³-hybridized carbons (Fsp3) is 0.500. The number of amides is 1. The Morgan fingerprint density at radius 1 is 1.52 bits per heavy atom. The molecule has 1 atom stereocenters. The minimum absolute atomic E-state index is 0.122. The van der Waals surface area contributed by atoms with E-state index in [-0.39, 0.29) is 16.3 Å². The maximum atomic E-state index is 12.0. The van der Waals surface area contributed by atoms with Gasteiger partial charge in [-0.1, -0.05) is 24.6 Å². The second kappa shape index (κ2) is 7.95. The average Bonchev–Trinajstić information content (AvgIpc) is 2.45. The third-order valence-corrected chi connectivity index (χ3v) is 3.91. The van der Waals surface area contributed by atoms with Gasteiger partial charge in [0.1, 0.15) is 5.02 Å². The zero-order chi connectivity index (χ0) is 16.0. The van der Waals surface area contributed by atoms with Gasteiger partial charge in [0.15, 0.2) is 0 Å². The summed E-state index contributed by atoms with van der Waals surface area (Å²) in [6.45, 7) is 5.37. The number of nitro benzene ring substituents is 1. The largest absolute Gasteiger partial charge is 0.351 e. The summed E-state index contributed by atoms with van der Waals surface area (Å²) in [5.41, 5.74) is -0.141. The topological polar surface area (TPSA) is 75.5 Å². The number of likely N-dealkylation sites (N-methyl/N-ethyl adjacent to an activating group) is 1. The lowest BCUT2D eigenvalue weighted by Gasteiger charge is -2.23. The second-order valence-electron chi connectivity index (χ2n) is 4.89. The summed E-state index contributed by atoms with van der Waals surface area (Å²) in [6.07, 6.45) is 1.03. The van der Waals surface area contributed by atoms with Gasteiger partial charge in [-0.2, -0.15) is 0 Å². The molecule has 0 saturated heterocycles. The fourth-order valence-corrected chi connectivity index (χ4v) is 2.09. The first kappa shape index (κ1) is 17.4. The number of hydrogen-bond donors (Lipinski definition) is 1. The van der Waals surface area contributed by atoms with Crippen molar-refractivity contribution in [3.63, 3.8) is 0 Å². The number of benzene rings is 1. The predicted molar refractivity (Wildman–Crippen MR) is 82.8 cm³/mol. The molecule has 0 aliphatic carbocycles. The SMILES string of the molecule is CCC(C)N(C)CCNC(=O)c1cccc([N+](=O)[O-])c1Cl. The van der Waals surface area contributed by atoms with Crippen LogP contribution < -0.4 is 5.32 Å². The lowest BCUT2D eigenvalue weighted by atomic mass is 10.2. The molecule has 7 heteroatoms. The van der Waals surface area contributed by atoms with Crippen LogP contribution in [0, 0.1) is 10.1 Å². The van der Waals surface area contributed by atoms with Crippen LogP contribution in [0.5, 0.6) is 0 Å². The fourth-order valence-electron chi connectivity index (χ4n) is 1.81. The number of hydrogen-bond acceptors (Lipinski definition) is 4. The highest BCUT2D eigenvalue weighted by atomic mass is 35.5. The average molecular weight is 314 g/mol. The lowest BCUT2D eigenvalue weighted by Crippen LogP contribution is -2.37. The van der Waals surface area contributed by atoms with E-state index < -0.39 is 10.8 Å². The van der Waals surface area contributed by atoms with E-state index in [4.69, 9.17) is 11.6 Å². The first-order valence-corrected chi connectivity index (χ1v) is 7.17. The van der Waals surface area contributed by atoms with Crippen LogP contribution in [0.3, 0.4) is 0 Å². The molecule has 0 aromatic heterocycles. The summed E-state index contributed by atoms with van der Waals surface area (Å²) < 4.78 is 0. The Kier molecular flexibility index (Phi) is 6.58. The van der Waals surface area contributed by atoms with Crippen molar-refractivity contribution in [2.45, 2.75) is 26.3 Å². The van der Waals surface area contributed by atoms with Crippen molar-refractivity contribution in [3.8, 4) is 0 Å².